The number of hydrogen-bond donors (Lipinski definition) is 1. The van der Waals surface area contributed by atoms with Gasteiger partial charge in [-0.2, -0.15) is 5.10 Å². The first-order valence-electron chi connectivity index (χ1n) is 6.66. The molecule has 0 saturated heterocycles. The van der Waals surface area contributed by atoms with E-state index in [0.29, 0.717) is 11.1 Å². The molecule has 4 rings (SSSR count). The zero-order valence-electron chi connectivity index (χ0n) is 11.4. The Morgan fingerprint density at radius 3 is 2.81 bits per heavy atom. The van der Waals surface area contributed by atoms with Gasteiger partial charge >= 0.3 is 0 Å². The Balaban J connectivity index is 2.26. The van der Waals surface area contributed by atoms with Crippen molar-refractivity contribution in [1.29, 1.82) is 0 Å². The van der Waals surface area contributed by atoms with Crippen LogP contribution in [0.1, 0.15) is 5.69 Å². The Labute approximate surface area is 119 Å². The summed E-state index contributed by atoms with van der Waals surface area (Å²) in [5.41, 5.74) is 3.06. The van der Waals surface area contributed by atoms with Crippen molar-refractivity contribution in [2.24, 2.45) is 0 Å². The highest BCUT2D eigenvalue weighted by Gasteiger charge is 2.15. The predicted octanol–water partition coefficient (Wildman–Crippen LogP) is 2.57. The number of pyridine rings is 2. The molecule has 0 bridgehead atoms. The molecule has 0 radical (unpaired) electrons. The van der Waals surface area contributed by atoms with Gasteiger partial charge < -0.3 is 4.98 Å². The molecule has 1 aromatic carbocycles. The molecule has 0 aliphatic carbocycles. The van der Waals surface area contributed by atoms with Crippen LogP contribution in [0, 0.1) is 6.92 Å². The number of H-pyrrole nitrogens is 1. The van der Waals surface area contributed by atoms with Crippen LogP contribution >= 0.6 is 0 Å². The Hall–Kier alpha value is -2.95. The molecule has 0 atom stereocenters. The molecule has 0 aliphatic heterocycles. The molecule has 4 aromatic rings. The monoisotopic (exact) mass is 276 g/mol. The summed E-state index contributed by atoms with van der Waals surface area (Å²) in [6.07, 6.45) is 3.45. The summed E-state index contributed by atoms with van der Waals surface area (Å²) in [7, 11) is 0. The molecule has 21 heavy (non-hydrogen) atoms. The third kappa shape index (κ3) is 1.67. The quantitative estimate of drug-likeness (QED) is 0.581. The number of aryl methyl sites for hydroxylation is 1. The maximum Gasteiger partial charge on any atom is 0.259 e. The second-order valence-corrected chi connectivity index (χ2v) is 4.93. The third-order valence-corrected chi connectivity index (χ3v) is 3.61. The number of benzene rings is 1. The van der Waals surface area contributed by atoms with Crippen LogP contribution in [0.4, 0.5) is 0 Å². The first kappa shape index (κ1) is 11.8. The zero-order chi connectivity index (χ0) is 14.4. The summed E-state index contributed by atoms with van der Waals surface area (Å²) < 4.78 is 1.79. The second kappa shape index (κ2) is 4.28. The normalized spacial score (nSPS) is 11.3. The van der Waals surface area contributed by atoms with Gasteiger partial charge in [0.2, 0.25) is 0 Å². The van der Waals surface area contributed by atoms with Gasteiger partial charge in [0.05, 0.1) is 34.0 Å². The van der Waals surface area contributed by atoms with Gasteiger partial charge in [-0.1, -0.05) is 18.2 Å². The number of aromatic nitrogens is 4. The van der Waals surface area contributed by atoms with Crippen molar-refractivity contribution >= 4 is 21.8 Å². The number of rotatable bonds is 1. The van der Waals surface area contributed by atoms with Crippen LogP contribution in [0.2, 0.25) is 0 Å². The highest BCUT2D eigenvalue weighted by molar-refractivity contribution is 6.04. The van der Waals surface area contributed by atoms with E-state index in [4.69, 9.17) is 0 Å². The van der Waals surface area contributed by atoms with Gasteiger partial charge in [0.15, 0.2) is 0 Å². The molecule has 0 amide bonds. The van der Waals surface area contributed by atoms with Crippen molar-refractivity contribution in [3.63, 3.8) is 0 Å². The summed E-state index contributed by atoms with van der Waals surface area (Å²) in [5.74, 6) is 0. The number of aromatic amines is 1. The molecule has 5 heteroatoms. The van der Waals surface area contributed by atoms with Crippen molar-refractivity contribution in [3.8, 4) is 5.69 Å². The summed E-state index contributed by atoms with van der Waals surface area (Å²) in [4.78, 5) is 19.4. The van der Waals surface area contributed by atoms with Gasteiger partial charge in [0.25, 0.3) is 5.56 Å². The van der Waals surface area contributed by atoms with Crippen LogP contribution in [0.15, 0.2) is 53.6 Å². The van der Waals surface area contributed by atoms with E-state index < -0.39 is 0 Å². The SMILES string of the molecule is Cc1nn(-c2cccnc2)c2c1c(=O)[nH]c1ccccc12. The van der Waals surface area contributed by atoms with Gasteiger partial charge in [0.1, 0.15) is 0 Å². The minimum absolute atomic E-state index is 0.114. The van der Waals surface area contributed by atoms with E-state index in [0.717, 1.165) is 22.1 Å². The van der Waals surface area contributed by atoms with Gasteiger partial charge in [-0.3, -0.25) is 9.78 Å². The number of hydrogen-bond acceptors (Lipinski definition) is 3. The van der Waals surface area contributed by atoms with Crippen LogP contribution in [0.5, 0.6) is 0 Å². The van der Waals surface area contributed by atoms with Crippen molar-refractivity contribution < 1.29 is 0 Å². The van der Waals surface area contributed by atoms with E-state index >= 15 is 0 Å². The van der Waals surface area contributed by atoms with Gasteiger partial charge in [-0.25, -0.2) is 4.68 Å². The fraction of sp³-hybridized carbons (Fsp3) is 0.0625. The molecular formula is C16H12N4O. The highest BCUT2D eigenvalue weighted by atomic mass is 16.1. The number of fused-ring (bicyclic) bond motifs is 3. The van der Waals surface area contributed by atoms with E-state index in [1.165, 1.54) is 0 Å². The van der Waals surface area contributed by atoms with Gasteiger partial charge in [-0.15, -0.1) is 0 Å². The van der Waals surface area contributed by atoms with Crippen molar-refractivity contribution in [1.82, 2.24) is 19.7 Å². The number of nitrogens with zero attached hydrogens (tertiary/aromatic N) is 3. The highest BCUT2D eigenvalue weighted by Crippen LogP contribution is 2.25. The fourth-order valence-corrected chi connectivity index (χ4v) is 2.70. The van der Waals surface area contributed by atoms with Crippen molar-refractivity contribution in [2.75, 3.05) is 0 Å². The molecule has 0 fully saturated rings. The van der Waals surface area contributed by atoms with E-state index in [1.54, 1.807) is 17.1 Å². The molecule has 3 heterocycles. The summed E-state index contributed by atoms with van der Waals surface area (Å²) in [5, 5.41) is 6.12. The Morgan fingerprint density at radius 1 is 1.14 bits per heavy atom. The summed E-state index contributed by atoms with van der Waals surface area (Å²) >= 11 is 0. The topological polar surface area (TPSA) is 63.6 Å². The zero-order valence-corrected chi connectivity index (χ0v) is 11.4. The average Bonchev–Trinajstić information content (AvgIpc) is 2.87. The fourth-order valence-electron chi connectivity index (χ4n) is 2.70. The molecule has 0 spiro atoms. The molecular weight excluding hydrogens is 264 g/mol. The van der Waals surface area contributed by atoms with Crippen molar-refractivity contribution in [3.05, 3.63) is 64.8 Å². The van der Waals surface area contributed by atoms with E-state index in [2.05, 4.69) is 15.1 Å². The van der Waals surface area contributed by atoms with Gasteiger partial charge in [0, 0.05) is 11.6 Å². The maximum atomic E-state index is 12.3. The maximum absolute atomic E-state index is 12.3. The molecule has 5 nitrogen and oxygen atoms in total. The van der Waals surface area contributed by atoms with Crippen LogP contribution in [0.3, 0.4) is 0 Å². The smallest absolute Gasteiger partial charge is 0.259 e. The molecule has 0 saturated carbocycles. The first-order chi connectivity index (χ1) is 10.3. The minimum Gasteiger partial charge on any atom is -0.321 e. The van der Waals surface area contributed by atoms with E-state index in [9.17, 15) is 4.79 Å². The van der Waals surface area contributed by atoms with E-state index in [1.807, 2.05) is 43.3 Å². The lowest BCUT2D eigenvalue weighted by molar-refractivity contribution is 0.885. The molecule has 1 N–H and O–H groups in total. The number of para-hydroxylation sites is 1. The molecule has 3 aromatic heterocycles. The van der Waals surface area contributed by atoms with Crippen LogP contribution < -0.4 is 5.56 Å². The van der Waals surface area contributed by atoms with E-state index in [-0.39, 0.29) is 5.56 Å². The summed E-state index contributed by atoms with van der Waals surface area (Å²) in [6, 6.07) is 11.5. The molecule has 0 unspecified atom stereocenters. The standard InChI is InChI=1S/C16H12N4O/c1-10-14-15(20(19-10)11-5-4-8-17-9-11)12-6-2-3-7-13(12)18-16(14)21/h2-9H,1H3,(H,18,21). The Bertz CT molecular complexity index is 1010. The van der Waals surface area contributed by atoms with Crippen molar-refractivity contribution in [2.45, 2.75) is 6.92 Å². The average molecular weight is 276 g/mol. The number of nitrogens with one attached hydrogen (secondary N) is 1. The lowest BCUT2D eigenvalue weighted by Crippen LogP contribution is -2.07. The Kier molecular flexibility index (Phi) is 2.41. The Morgan fingerprint density at radius 2 is 2.00 bits per heavy atom. The second-order valence-electron chi connectivity index (χ2n) is 4.93. The largest absolute Gasteiger partial charge is 0.321 e. The van der Waals surface area contributed by atoms with Crippen LogP contribution in [-0.2, 0) is 0 Å². The van der Waals surface area contributed by atoms with Crippen LogP contribution in [-0.4, -0.2) is 19.7 Å². The van der Waals surface area contributed by atoms with Gasteiger partial charge in [-0.05, 0) is 25.1 Å². The third-order valence-electron chi connectivity index (χ3n) is 3.61. The molecule has 102 valence electrons. The molecule has 0 aliphatic rings. The minimum atomic E-state index is -0.114. The van der Waals surface area contributed by atoms with Crippen LogP contribution in [0.25, 0.3) is 27.5 Å². The first-order valence-corrected chi connectivity index (χ1v) is 6.66. The summed E-state index contributed by atoms with van der Waals surface area (Å²) in [6.45, 7) is 1.85. The lowest BCUT2D eigenvalue weighted by atomic mass is 10.1. The predicted molar refractivity (Wildman–Crippen MR) is 81.7 cm³/mol. The lowest BCUT2D eigenvalue weighted by Gasteiger charge is -2.05.